The first-order valence-corrected chi connectivity index (χ1v) is 6.88. The standard InChI is InChI=1S/C13H15BrClNO3/c1-13(2,6-5-11(17)18)16-12(19)9-4-3-8(15)7-10(9)14/h3-4,7H,5-6H2,1-2H3,(H,16,19)(H,17,18). The van der Waals surface area contributed by atoms with E-state index in [1.165, 1.54) is 0 Å². The Kier molecular flexibility index (Phi) is 5.38. The Morgan fingerprint density at radius 1 is 1.42 bits per heavy atom. The van der Waals surface area contributed by atoms with Gasteiger partial charge in [-0.2, -0.15) is 0 Å². The fourth-order valence-electron chi connectivity index (χ4n) is 1.53. The molecule has 2 N–H and O–H groups in total. The van der Waals surface area contributed by atoms with Crippen molar-refractivity contribution in [1.82, 2.24) is 5.32 Å². The first-order chi connectivity index (χ1) is 8.71. The van der Waals surface area contributed by atoms with Gasteiger partial charge in [0.05, 0.1) is 5.56 Å². The molecular formula is C13H15BrClNO3. The van der Waals surface area contributed by atoms with E-state index >= 15 is 0 Å². The van der Waals surface area contributed by atoms with Crippen molar-refractivity contribution in [3.05, 3.63) is 33.3 Å². The summed E-state index contributed by atoms with van der Waals surface area (Å²) in [7, 11) is 0. The number of nitrogens with one attached hydrogen (secondary N) is 1. The van der Waals surface area contributed by atoms with Gasteiger partial charge in [-0.25, -0.2) is 0 Å². The van der Waals surface area contributed by atoms with E-state index in [2.05, 4.69) is 21.2 Å². The Morgan fingerprint density at radius 2 is 2.05 bits per heavy atom. The summed E-state index contributed by atoms with van der Waals surface area (Å²) in [6, 6.07) is 4.89. The molecular weight excluding hydrogens is 334 g/mol. The lowest BCUT2D eigenvalue weighted by molar-refractivity contribution is -0.137. The molecule has 0 saturated carbocycles. The van der Waals surface area contributed by atoms with Crippen molar-refractivity contribution in [2.45, 2.75) is 32.2 Å². The fourth-order valence-corrected chi connectivity index (χ4v) is 2.39. The molecule has 6 heteroatoms. The molecule has 0 radical (unpaired) electrons. The molecule has 0 bridgehead atoms. The van der Waals surface area contributed by atoms with Gasteiger partial charge in [0.25, 0.3) is 5.91 Å². The zero-order chi connectivity index (χ0) is 14.6. The van der Waals surface area contributed by atoms with Crippen molar-refractivity contribution in [2.24, 2.45) is 0 Å². The minimum absolute atomic E-state index is 0.00900. The van der Waals surface area contributed by atoms with Crippen molar-refractivity contribution in [2.75, 3.05) is 0 Å². The number of halogens is 2. The van der Waals surface area contributed by atoms with Crippen molar-refractivity contribution in [3.8, 4) is 0 Å². The summed E-state index contributed by atoms with van der Waals surface area (Å²) in [5.74, 6) is -1.14. The average molecular weight is 349 g/mol. The number of rotatable bonds is 5. The van der Waals surface area contributed by atoms with Gasteiger partial charge < -0.3 is 10.4 Å². The van der Waals surface area contributed by atoms with E-state index < -0.39 is 11.5 Å². The highest BCUT2D eigenvalue weighted by Crippen LogP contribution is 2.22. The molecule has 0 aromatic heterocycles. The van der Waals surface area contributed by atoms with Crippen LogP contribution in [-0.4, -0.2) is 22.5 Å². The second kappa shape index (κ2) is 6.39. The van der Waals surface area contributed by atoms with Crippen molar-refractivity contribution in [3.63, 3.8) is 0 Å². The number of carbonyl (C=O) groups excluding carboxylic acids is 1. The highest BCUT2D eigenvalue weighted by Gasteiger charge is 2.23. The van der Waals surface area contributed by atoms with Gasteiger partial charge in [-0.05, 0) is 54.4 Å². The fraction of sp³-hybridized carbons (Fsp3) is 0.385. The van der Waals surface area contributed by atoms with Crippen LogP contribution in [0.15, 0.2) is 22.7 Å². The third-order valence-electron chi connectivity index (χ3n) is 2.59. The zero-order valence-electron chi connectivity index (χ0n) is 10.7. The molecule has 1 amide bonds. The highest BCUT2D eigenvalue weighted by molar-refractivity contribution is 9.10. The molecule has 0 aliphatic rings. The lowest BCUT2D eigenvalue weighted by Gasteiger charge is -2.26. The van der Waals surface area contributed by atoms with E-state index in [-0.39, 0.29) is 12.3 Å². The number of benzene rings is 1. The van der Waals surface area contributed by atoms with Crippen molar-refractivity contribution < 1.29 is 14.7 Å². The van der Waals surface area contributed by atoms with Crippen LogP contribution in [0.3, 0.4) is 0 Å². The normalized spacial score (nSPS) is 11.2. The third kappa shape index (κ3) is 5.20. The Bertz CT molecular complexity index is 503. The SMILES string of the molecule is CC(C)(CCC(=O)O)NC(=O)c1ccc(Cl)cc1Br. The van der Waals surface area contributed by atoms with E-state index in [1.807, 2.05) is 0 Å². The second-order valence-electron chi connectivity index (χ2n) is 4.86. The van der Waals surface area contributed by atoms with Crippen LogP contribution in [0.2, 0.25) is 5.02 Å². The van der Waals surface area contributed by atoms with Crippen LogP contribution >= 0.6 is 27.5 Å². The van der Waals surface area contributed by atoms with Crippen LogP contribution in [0.4, 0.5) is 0 Å². The molecule has 0 saturated heterocycles. The van der Waals surface area contributed by atoms with E-state index in [0.29, 0.717) is 21.5 Å². The molecule has 0 atom stereocenters. The van der Waals surface area contributed by atoms with E-state index in [4.69, 9.17) is 16.7 Å². The van der Waals surface area contributed by atoms with Crippen LogP contribution in [0, 0.1) is 0 Å². The van der Waals surface area contributed by atoms with Gasteiger partial charge in [0.2, 0.25) is 0 Å². The molecule has 19 heavy (non-hydrogen) atoms. The predicted octanol–water partition coefficient (Wildman–Crippen LogP) is 3.48. The molecule has 0 heterocycles. The van der Waals surface area contributed by atoms with Gasteiger partial charge in [0, 0.05) is 21.5 Å². The smallest absolute Gasteiger partial charge is 0.303 e. The highest BCUT2D eigenvalue weighted by atomic mass is 79.9. The van der Waals surface area contributed by atoms with Gasteiger partial charge >= 0.3 is 5.97 Å². The van der Waals surface area contributed by atoms with Crippen molar-refractivity contribution >= 4 is 39.4 Å². The van der Waals surface area contributed by atoms with Gasteiger partial charge in [-0.1, -0.05) is 11.6 Å². The first kappa shape index (κ1) is 16.0. The number of hydrogen-bond donors (Lipinski definition) is 2. The van der Waals surface area contributed by atoms with E-state index in [9.17, 15) is 9.59 Å². The van der Waals surface area contributed by atoms with E-state index in [0.717, 1.165) is 0 Å². The molecule has 0 aliphatic carbocycles. The largest absolute Gasteiger partial charge is 0.481 e. The zero-order valence-corrected chi connectivity index (χ0v) is 13.0. The van der Waals surface area contributed by atoms with Crippen LogP contribution in [-0.2, 0) is 4.79 Å². The Labute approximate surface area is 125 Å². The lowest BCUT2D eigenvalue weighted by atomic mass is 9.98. The predicted molar refractivity (Wildman–Crippen MR) is 77.6 cm³/mol. The number of hydrogen-bond acceptors (Lipinski definition) is 2. The molecule has 0 aliphatic heterocycles. The summed E-state index contributed by atoms with van der Waals surface area (Å²) in [4.78, 5) is 22.7. The maximum Gasteiger partial charge on any atom is 0.303 e. The average Bonchev–Trinajstić information content (AvgIpc) is 2.25. The number of carbonyl (C=O) groups is 2. The monoisotopic (exact) mass is 347 g/mol. The van der Waals surface area contributed by atoms with Crippen LogP contribution in [0.25, 0.3) is 0 Å². The van der Waals surface area contributed by atoms with Gasteiger partial charge in [-0.3, -0.25) is 9.59 Å². The maximum absolute atomic E-state index is 12.1. The minimum Gasteiger partial charge on any atom is -0.481 e. The summed E-state index contributed by atoms with van der Waals surface area (Å²) in [5, 5.41) is 12.0. The topological polar surface area (TPSA) is 66.4 Å². The second-order valence-corrected chi connectivity index (χ2v) is 6.15. The van der Waals surface area contributed by atoms with Crippen LogP contribution in [0.1, 0.15) is 37.0 Å². The molecule has 0 fully saturated rings. The summed E-state index contributed by atoms with van der Waals surface area (Å²) >= 11 is 9.09. The molecule has 0 spiro atoms. The lowest BCUT2D eigenvalue weighted by Crippen LogP contribution is -2.43. The summed E-state index contributed by atoms with van der Waals surface area (Å²) in [6.07, 6.45) is 0.369. The van der Waals surface area contributed by atoms with Crippen molar-refractivity contribution in [1.29, 1.82) is 0 Å². The summed E-state index contributed by atoms with van der Waals surface area (Å²) in [5.41, 5.74) is -0.123. The quantitative estimate of drug-likeness (QED) is 0.856. The van der Waals surface area contributed by atoms with Crippen LogP contribution < -0.4 is 5.32 Å². The van der Waals surface area contributed by atoms with Crippen LogP contribution in [0.5, 0.6) is 0 Å². The molecule has 1 aromatic carbocycles. The Morgan fingerprint density at radius 3 is 2.58 bits per heavy atom. The number of carboxylic acids is 1. The van der Waals surface area contributed by atoms with Gasteiger partial charge in [0.15, 0.2) is 0 Å². The third-order valence-corrected chi connectivity index (χ3v) is 3.48. The van der Waals surface area contributed by atoms with E-state index in [1.54, 1.807) is 32.0 Å². The molecule has 1 aromatic rings. The minimum atomic E-state index is -0.880. The molecule has 4 nitrogen and oxygen atoms in total. The Balaban J connectivity index is 2.75. The number of carboxylic acid groups (broad SMARTS) is 1. The number of aliphatic carboxylic acids is 1. The summed E-state index contributed by atoms with van der Waals surface area (Å²) in [6.45, 7) is 3.58. The van der Waals surface area contributed by atoms with Gasteiger partial charge in [0.1, 0.15) is 0 Å². The first-order valence-electron chi connectivity index (χ1n) is 5.70. The molecule has 0 unspecified atom stereocenters. The Hall–Kier alpha value is -1.07. The van der Waals surface area contributed by atoms with Gasteiger partial charge in [-0.15, -0.1) is 0 Å². The molecule has 1 rings (SSSR count). The molecule has 104 valence electrons. The number of amides is 1. The summed E-state index contributed by atoms with van der Waals surface area (Å²) < 4.78 is 0.603. The maximum atomic E-state index is 12.1.